The molecular weight excluding hydrogens is 327 g/mol. The van der Waals surface area contributed by atoms with Gasteiger partial charge in [0.15, 0.2) is 0 Å². The van der Waals surface area contributed by atoms with Crippen LogP contribution in [0.2, 0.25) is 5.02 Å². The van der Waals surface area contributed by atoms with Crippen LogP contribution < -0.4 is 0 Å². The number of benzene rings is 2. The number of likely N-dealkylation sites (tertiary alicyclic amines) is 1. The van der Waals surface area contributed by atoms with Crippen molar-refractivity contribution in [3.63, 3.8) is 0 Å². The summed E-state index contributed by atoms with van der Waals surface area (Å²) in [5, 5.41) is 11.0. The lowest BCUT2D eigenvalue weighted by molar-refractivity contribution is -0.00280. The van der Waals surface area contributed by atoms with Crippen molar-refractivity contribution >= 4 is 22.5 Å². The van der Waals surface area contributed by atoms with Gasteiger partial charge in [0.05, 0.1) is 17.3 Å². The Hall–Kier alpha value is -2.01. The van der Waals surface area contributed by atoms with Gasteiger partial charge in [-0.05, 0) is 35.9 Å². The van der Waals surface area contributed by atoms with Crippen molar-refractivity contribution in [1.82, 2.24) is 9.88 Å². The molecule has 0 spiro atoms. The van der Waals surface area contributed by atoms with Crippen molar-refractivity contribution in [1.29, 1.82) is 0 Å². The fraction of sp³-hybridized carbons (Fsp3) is 0.211. The molecule has 122 valence electrons. The van der Waals surface area contributed by atoms with Crippen LogP contribution in [0.25, 0.3) is 22.2 Å². The summed E-state index contributed by atoms with van der Waals surface area (Å²) in [7, 11) is 0. The van der Waals surface area contributed by atoms with Crippen LogP contribution in [0.4, 0.5) is 4.39 Å². The van der Waals surface area contributed by atoms with Crippen LogP contribution in [0.15, 0.2) is 48.5 Å². The maximum absolute atomic E-state index is 13.6. The Morgan fingerprint density at radius 3 is 2.75 bits per heavy atom. The van der Waals surface area contributed by atoms with Gasteiger partial charge in [-0.25, -0.2) is 9.37 Å². The molecule has 5 heteroatoms. The maximum Gasteiger partial charge on any atom is 0.125 e. The Morgan fingerprint density at radius 1 is 1.17 bits per heavy atom. The number of nitrogens with zero attached hydrogens (tertiary/aromatic N) is 2. The highest BCUT2D eigenvalue weighted by atomic mass is 35.5. The van der Waals surface area contributed by atoms with Gasteiger partial charge >= 0.3 is 0 Å². The van der Waals surface area contributed by atoms with Gasteiger partial charge in [-0.1, -0.05) is 23.7 Å². The fourth-order valence-electron chi connectivity index (χ4n) is 3.10. The summed E-state index contributed by atoms with van der Waals surface area (Å²) in [6.07, 6.45) is -0.248. The Kier molecular flexibility index (Phi) is 3.96. The standard InChI is InChI=1S/C19H16ClFN2O/c20-15-3-1-2-13(7-15)19-14(9-23-10-17(24)11-23)6-12-4-5-16(21)8-18(12)22-19/h1-8,17,24H,9-11H2. The highest BCUT2D eigenvalue weighted by Gasteiger charge is 2.25. The molecule has 1 fully saturated rings. The minimum absolute atomic E-state index is 0.248. The minimum Gasteiger partial charge on any atom is -0.390 e. The molecule has 3 aromatic rings. The zero-order chi connectivity index (χ0) is 16.7. The van der Waals surface area contributed by atoms with Crippen LogP contribution in [0.3, 0.4) is 0 Å². The number of aliphatic hydroxyl groups excluding tert-OH is 1. The molecular formula is C19H16ClFN2O. The number of rotatable bonds is 3. The Bertz CT molecular complexity index is 909. The number of aromatic nitrogens is 1. The lowest BCUT2D eigenvalue weighted by Gasteiger charge is -2.36. The number of aliphatic hydroxyl groups is 1. The van der Waals surface area contributed by atoms with Gasteiger partial charge in [0.1, 0.15) is 5.82 Å². The first kappa shape index (κ1) is 15.5. The van der Waals surface area contributed by atoms with E-state index in [1.54, 1.807) is 6.07 Å². The summed E-state index contributed by atoms with van der Waals surface area (Å²) in [5.74, 6) is -0.300. The molecule has 0 bridgehead atoms. The highest BCUT2D eigenvalue weighted by molar-refractivity contribution is 6.30. The summed E-state index contributed by atoms with van der Waals surface area (Å²) < 4.78 is 13.6. The molecule has 0 atom stereocenters. The number of hydrogen-bond donors (Lipinski definition) is 1. The third-order valence-electron chi connectivity index (χ3n) is 4.29. The number of hydrogen-bond acceptors (Lipinski definition) is 3. The molecule has 1 saturated heterocycles. The van der Waals surface area contributed by atoms with Gasteiger partial charge in [-0.2, -0.15) is 0 Å². The van der Waals surface area contributed by atoms with E-state index in [1.807, 2.05) is 30.3 Å². The fourth-order valence-corrected chi connectivity index (χ4v) is 3.29. The van der Waals surface area contributed by atoms with Crippen LogP contribution in [0.5, 0.6) is 0 Å². The molecule has 24 heavy (non-hydrogen) atoms. The van der Waals surface area contributed by atoms with Crippen molar-refractivity contribution in [3.05, 3.63) is 64.9 Å². The van der Waals surface area contributed by atoms with E-state index < -0.39 is 0 Å². The molecule has 0 aliphatic carbocycles. The van der Waals surface area contributed by atoms with E-state index in [9.17, 15) is 9.50 Å². The number of β-amino-alcohol motifs (C(OH)–C–C–N with tert-alkyl or cyclic N) is 1. The lowest BCUT2D eigenvalue weighted by atomic mass is 10.0. The predicted molar refractivity (Wildman–Crippen MR) is 93.4 cm³/mol. The average Bonchev–Trinajstić information content (AvgIpc) is 2.53. The monoisotopic (exact) mass is 342 g/mol. The van der Waals surface area contributed by atoms with E-state index >= 15 is 0 Å². The Balaban J connectivity index is 1.83. The van der Waals surface area contributed by atoms with E-state index in [4.69, 9.17) is 16.6 Å². The van der Waals surface area contributed by atoms with Crippen LogP contribution in [-0.4, -0.2) is 34.2 Å². The first-order valence-corrected chi connectivity index (χ1v) is 8.22. The quantitative estimate of drug-likeness (QED) is 0.785. The van der Waals surface area contributed by atoms with E-state index in [1.165, 1.54) is 12.1 Å². The number of fused-ring (bicyclic) bond motifs is 1. The number of pyridine rings is 1. The van der Waals surface area contributed by atoms with Crippen molar-refractivity contribution in [2.75, 3.05) is 13.1 Å². The van der Waals surface area contributed by atoms with E-state index in [0.717, 1.165) is 22.2 Å². The summed E-state index contributed by atoms with van der Waals surface area (Å²) >= 11 is 6.12. The Labute approximate surface area is 144 Å². The average molecular weight is 343 g/mol. The minimum atomic E-state index is -0.300. The molecule has 1 N–H and O–H groups in total. The maximum atomic E-state index is 13.6. The van der Waals surface area contributed by atoms with Gasteiger partial charge < -0.3 is 5.11 Å². The smallest absolute Gasteiger partial charge is 0.125 e. The van der Waals surface area contributed by atoms with Crippen LogP contribution in [0.1, 0.15) is 5.56 Å². The molecule has 0 radical (unpaired) electrons. The molecule has 0 amide bonds. The molecule has 4 rings (SSSR count). The second-order valence-electron chi connectivity index (χ2n) is 6.19. The molecule has 0 unspecified atom stereocenters. The van der Waals surface area contributed by atoms with Gasteiger partial charge in [-0.3, -0.25) is 4.90 Å². The molecule has 0 saturated carbocycles. The van der Waals surface area contributed by atoms with Gasteiger partial charge in [-0.15, -0.1) is 0 Å². The van der Waals surface area contributed by atoms with Crippen LogP contribution in [-0.2, 0) is 6.54 Å². The number of halogens is 2. The Morgan fingerprint density at radius 2 is 2.00 bits per heavy atom. The largest absolute Gasteiger partial charge is 0.390 e. The third kappa shape index (κ3) is 3.00. The summed E-state index contributed by atoms with van der Waals surface area (Å²) in [4.78, 5) is 6.85. The molecule has 1 aliphatic rings. The second-order valence-corrected chi connectivity index (χ2v) is 6.63. The van der Waals surface area contributed by atoms with E-state index in [0.29, 0.717) is 30.2 Å². The topological polar surface area (TPSA) is 36.4 Å². The summed E-state index contributed by atoms with van der Waals surface area (Å²) in [6.45, 7) is 2.02. The van der Waals surface area contributed by atoms with Crippen molar-refractivity contribution in [3.8, 4) is 11.3 Å². The van der Waals surface area contributed by atoms with Crippen molar-refractivity contribution in [2.45, 2.75) is 12.6 Å². The van der Waals surface area contributed by atoms with E-state index in [2.05, 4.69) is 4.90 Å². The zero-order valence-corrected chi connectivity index (χ0v) is 13.7. The van der Waals surface area contributed by atoms with Crippen LogP contribution in [0, 0.1) is 5.82 Å². The van der Waals surface area contributed by atoms with Crippen molar-refractivity contribution < 1.29 is 9.50 Å². The normalized spacial score (nSPS) is 15.6. The first-order chi connectivity index (χ1) is 11.6. The molecule has 2 aromatic carbocycles. The first-order valence-electron chi connectivity index (χ1n) is 7.84. The summed E-state index contributed by atoms with van der Waals surface area (Å²) in [5.41, 5.74) is 3.38. The van der Waals surface area contributed by atoms with Gasteiger partial charge in [0.25, 0.3) is 0 Å². The molecule has 2 heterocycles. The van der Waals surface area contributed by atoms with Crippen LogP contribution >= 0.6 is 11.6 Å². The lowest BCUT2D eigenvalue weighted by Crippen LogP contribution is -2.49. The van der Waals surface area contributed by atoms with Gasteiger partial charge in [0, 0.05) is 41.7 Å². The van der Waals surface area contributed by atoms with Gasteiger partial charge in [0.2, 0.25) is 0 Å². The molecule has 1 aliphatic heterocycles. The highest BCUT2D eigenvalue weighted by Crippen LogP contribution is 2.29. The van der Waals surface area contributed by atoms with E-state index in [-0.39, 0.29) is 11.9 Å². The second kappa shape index (κ2) is 6.13. The molecule has 3 nitrogen and oxygen atoms in total. The van der Waals surface area contributed by atoms with Crippen molar-refractivity contribution in [2.24, 2.45) is 0 Å². The zero-order valence-electron chi connectivity index (χ0n) is 12.9. The predicted octanol–water partition coefficient (Wildman–Crippen LogP) is 3.87. The summed E-state index contributed by atoms with van der Waals surface area (Å²) in [6, 6.07) is 14.2. The third-order valence-corrected chi connectivity index (χ3v) is 4.52. The molecule has 1 aromatic heterocycles. The SMILES string of the molecule is OC1CN(Cc2cc3ccc(F)cc3nc2-c2cccc(Cl)c2)C1.